The number of non-ortho nitro benzene ring substituents is 1. The molecular formula is C20H25N3O4. The van der Waals surface area contributed by atoms with E-state index in [0.717, 1.165) is 18.4 Å². The van der Waals surface area contributed by atoms with E-state index in [-0.39, 0.29) is 5.69 Å². The van der Waals surface area contributed by atoms with Crippen molar-refractivity contribution >= 4 is 17.6 Å². The molecule has 0 spiro atoms. The van der Waals surface area contributed by atoms with Crippen LogP contribution in [0, 0.1) is 10.1 Å². The summed E-state index contributed by atoms with van der Waals surface area (Å²) in [7, 11) is 1.60. The van der Waals surface area contributed by atoms with Gasteiger partial charge in [0.1, 0.15) is 0 Å². The summed E-state index contributed by atoms with van der Waals surface area (Å²) in [5.41, 5.74) is 4.16. The molecule has 0 aliphatic heterocycles. The van der Waals surface area contributed by atoms with E-state index < -0.39 is 4.92 Å². The fourth-order valence-corrected chi connectivity index (χ4v) is 2.47. The third kappa shape index (κ3) is 6.62. The lowest BCUT2D eigenvalue weighted by molar-refractivity contribution is -0.384. The van der Waals surface area contributed by atoms with Crippen molar-refractivity contribution in [3.05, 3.63) is 58.1 Å². The minimum Gasteiger partial charge on any atom is -0.493 e. The predicted octanol–water partition coefficient (Wildman–Crippen LogP) is 5.01. The Labute approximate surface area is 159 Å². The van der Waals surface area contributed by atoms with Gasteiger partial charge in [-0.25, -0.2) is 0 Å². The minimum atomic E-state index is -0.444. The average molecular weight is 371 g/mol. The second-order valence-electron chi connectivity index (χ2n) is 6.00. The molecule has 7 nitrogen and oxygen atoms in total. The van der Waals surface area contributed by atoms with Gasteiger partial charge < -0.3 is 9.47 Å². The average Bonchev–Trinajstić information content (AvgIpc) is 2.68. The van der Waals surface area contributed by atoms with Gasteiger partial charge in [-0.3, -0.25) is 15.5 Å². The first-order valence-corrected chi connectivity index (χ1v) is 8.98. The highest BCUT2D eigenvalue weighted by molar-refractivity contribution is 5.81. The summed E-state index contributed by atoms with van der Waals surface area (Å²) in [6.07, 6.45) is 6.21. The van der Waals surface area contributed by atoms with Crippen LogP contribution >= 0.6 is 0 Å². The van der Waals surface area contributed by atoms with Crippen LogP contribution in [0.25, 0.3) is 0 Å². The molecule has 0 heterocycles. The second kappa shape index (κ2) is 10.8. The Bertz CT molecular complexity index is 778. The zero-order chi connectivity index (χ0) is 19.5. The standard InChI is InChI=1S/C20H25N3O4/c1-3-4-5-6-12-27-19-11-10-16(13-20(19)26-2)15-21-22-17-8-7-9-18(14-17)23(24)25/h7-11,13-15,22H,3-6,12H2,1-2H3. The number of anilines is 1. The van der Waals surface area contributed by atoms with Crippen LogP contribution in [0.5, 0.6) is 11.5 Å². The number of rotatable bonds is 11. The number of unbranched alkanes of at least 4 members (excludes halogenated alkanes) is 3. The van der Waals surface area contributed by atoms with E-state index in [0.29, 0.717) is 23.8 Å². The van der Waals surface area contributed by atoms with Crippen LogP contribution in [-0.4, -0.2) is 24.9 Å². The van der Waals surface area contributed by atoms with Crippen molar-refractivity contribution in [2.75, 3.05) is 19.1 Å². The van der Waals surface area contributed by atoms with Crippen molar-refractivity contribution in [1.82, 2.24) is 0 Å². The van der Waals surface area contributed by atoms with Crippen molar-refractivity contribution in [1.29, 1.82) is 0 Å². The molecule has 27 heavy (non-hydrogen) atoms. The van der Waals surface area contributed by atoms with Gasteiger partial charge in [-0.15, -0.1) is 0 Å². The summed E-state index contributed by atoms with van der Waals surface area (Å²) in [5.74, 6) is 1.35. The highest BCUT2D eigenvalue weighted by Crippen LogP contribution is 2.28. The maximum Gasteiger partial charge on any atom is 0.271 e. The number of nitrogens with zero attached hydrogens (tertiary/aromatic N) is 2. The number of nitro benzene ring substituents is 1. The first-order valence-electron chi connectivity index (χ1n) is 8.98. The van der Waals surface area contributed by atoms with Gasteiger partial charge in [0.15, 0.2) is 11.5 Å². The van der Waals surface area contributed by atoms with Gasteiger partial charge >= 0.3 is 0 Å². The van der Waals surface area contributed by atoms with E-state index in [1.165, 1.54) is 25.0 Å². The molecule has 0 aromatic heterocycles. The number of hydrazone groups is 1. The number of nitro groups is 1. The molecular weight excluding hydrogens is 346 g/mol. The molecule has 0 bridgehead atoms. The Morgan fingerprint density at radius 3 is 2.74 bits per heavy atom. The molecule has 0 amide bonds. The number of methoxy groups -OCH3 is 1. The molecule has 0 radical (unpaired) electrons. The third-order valence-corrected chi connectivity index (χ3v) is 3.91. The van der Waals surface area contributed by atoms with Gasteiger partial charge in [0.05, 0.1) is 30.5 Å². The Balaban J connectivity index is 1.95. The van der Waals surface area contributed by atoms with Crippen molar-refractivity contribution in [3.8, 4) is 11.5 Å². The SMILES string of the molecule is CCCCCCOc1ccc(C=NNc2cccc([N+](=O)[O-])c2)cc1OC. The van der Waals surface area contributed by atoms with Crippen molar-refractivity contribution in [3.63, 3.8) is 0 Å². The Morgan fingerprint density at radius 1 is 1.15 bits per heavy atom. The lowest BCUT2D eigenvalue weighted by atomic mass is 10.2. The van der Waals surface area contributed by atoms with Crippen molar-refractivity contribution in [2.24, 2.45) is 5.10 Å². The van der Waals surface area contributed by atoms with E-state index in [1.54, 1.807) is 25.5 Å². The molecule has 2 aromatic carbocycles. The maximum absolute atomic E-state index is 10.8. The van der Waals surface area contributed by atoms with Crippen LogP contribution in [0.3, 0.4) is 0 Å². The number of nitrogens with one attached hydrogen (secondary N) is 1. The normalized spacial score (nSPS) is 10.7. The molecule has 1 N–H and O–H groups in total. The first-order chi connectivity index (χ1) is 13.1. The number of hydrogen-bond donors (Lipinski definition) is 1. The van der Waals surface area contributed by atoms with E-state index in [1.807, 2.05) is 18.2 Å². The van der Waals surface area contributed by atoms with Crippen LogP contribution in [0.2, 0.25) is 0 Å². The Hall–Kier alpha value is -3.09. The Kier molecular flexibility index (Phi) is 8.09. The molecule has 0 saturated carbocycles. The Morgan fingerprint density at radius 2 is 2.00 bits per heavy atom. The zero-order valence-electron chi connectivity index (χ0n) is 15.7. The zero-order valence-corrected chi connectivity index (χ0v) is 15.7. The molecule has 2 rings (SSSR count). The number of hydrogen-bond acceptors (Lipinski definition) is 6. The largest absolute Gasteiger partial charge is 0.493 e. The van der Waals surface area contributed by atoms with Gasteiger partial charge in [0.2, 0.25) is 0 Å². The highest BCUT2D eigenvalue weighted by Gasteiger charge is 2.06. The van der Waals surface area contributed by atoms with Crippen LogP contribution in [0.15, 0.2) is 47.6 Å². The van der Waals surface area contributed by atoms with Crippen molar-refractivity contribution in [2.45, 2.75) is 32.6 Å². The van der Waals surface area contributed by atoms with Gasteiger partial charge in [-0.2, -0.15) is 5.10 Å². The molecule has 0 fully saturated rings. The first kappa shape index (κ1) is 20.2. The lowest BCUT2D eigenvalue weighted by Gasteiger charge is -2.11. The molecule has 0 aliphatic rings. The second-order valence-corrected chi connectivity index (χ2v) is 6.00. The summed E-state index contributed by atoms with van der Waals surface area (Å²) in [6, 6.07) is 11.7. The van der Waals surface area contributed by atoms with Gasteiger partial charge in [-0.1, -0.05) is 32.3 Å². The minimum absolute atomic E-state index is 0.0114. The maximum atomic E-state index is 10.8. The molecule has 0 saturated heterocycles. The van der Waals surface area contributed by atoms with E-state index in [9.17, 15) is 10.1 Å². The molecule has 2 aromatic rings. The van der Waals surface area contributed by atoms with E-state index in [2.05, 4.69) is 17.5 Å². The highest BCUT2D eigenvalue weighted by atomic mass is 16.6. The molecule has 0 aliphatic carbocycles. The van der Waals surface area contributed by atoms with Crippen LogP contribution in [-0.2, 0) is 0 Å². The fourth-order valence-electron chi connectivity index (χ4n) is 2.47. The fraction of sp³-hybridized carbons (Fsp3) is 0.350. The van der Waals surface area contributed by atoms with E-state index >= 15 is 0 Å². The monoisotopic (exact) mass is 371 g/mol. The molecule has 0 atom stereocenters. The van der Waals surface area contributed by atoms with Crippen molar-refractivity contribution < 1.29 is 14.4 Å². The number of benzene rings is 2. The van der Waals surface area contributed by atoms with Crippen LogP contribution < -0.4 is 14.9 Å². The molecule has 144 valence electrons. The predicted molar refractivity (Wildman–Crippen MR) is 107 cm³/mol. The summed E-state index contributed by atoms with van der Waals surface area (Å²) in [6.45, 7) is 2.84. The lowest BCUT2D eigenvalue weighted by Crippen LogP contribution is -2.00. The van der Waals surface area contributed by atoms with Gasteiger partial charge in [0.25, 0.3) is 5.69 Å². The summed E-state index contributed by atoms with van der Waals surface area (Å²) < 4.78 is 11.2. The van der Waals surface area contributed by atoms with Gasteiger partial charge in [-0.05, 0) is 36.2 Å². The molecule has 7 heteroatoms. The van der Waals surface area contributed by atoms with Gasteiger partial charge in [0, 0.05) is 12.1 Å². The van der Waals surface area contributed by atoms with E-state index in [4.69, 9.17) is 9.47 Å². The topological polar surface area (TPSA) is 86.0 Å². The smallest absolute Gasteiger partial charge is 0.271 e. The third-order valence-electron chi connectivity index (χ3n) is 3.91. The molecule has 0 unspecified atom stereocenters. The summed E-state index contributed by atoms with van der Waals surface area (Å²) in [5, 5.41) is 14.9. The summed E-state index contributed by atoms with van der Waals surface area (Å²) in [4.78, 5) is 10.3. The number of ether oxygens (including phenoxy) is 2. The summed E-state index contributed by atoms with van der Waals surface area (Å²) >= 11 is 0. The van der Waals surface area contributed by atoms with Crippen LogP contribution in [0.4, 0.5) is 11.4 Å². The van der Waals surface area contributed by atoms with Crippen LogP contribution in [0.1, 0.15) is 38.2 Å². The quantitative estimate of drug-likeness (QED) is 0.260.